The third-order valence-electron chi connectivity index (χ3n) is 1.68. The number of benzene rings is 1. The second-order valence-corrected chi connectivity index (χ2v) is 4.41. The molecule has 14 heavy (non-hydrogen) atoms. The van der Waals surface area contributed by atoms with Crippen molar-refractivity contribution in [3.63, 3.8) is 0 Å². The molecule has 0 aliphatic carbocycles. The van der Waals surface area contributed by atoms with E-state index in [0.29, 0.717) is 13.1 Å². The zero-order chi connectivity index (χ0) is 10.6. The van der Waals surface area contributed by atoms with Gasteiger partial charge in [-0.05, 0) is 24.3 Å². The molecule has 0 atom stereocenters. The lowest BCUT2D eigenvalue weighted by molar-refractivity contribution is 0.387. The minimum absolute atomic E-state index is 0.0239. The largest absolute Gasteiger partial charge is 0.384 e. The zero-order valence-electron chi connectivity index (χ0n) is 7.55. The molecule has 5 nitrogen and oxygen atoms in total. The molecule has 0 spiro atoms. The van der Waals surface area contributed by atoms with Gasteiger partial charge in [-0.25, -0.2) is 0 Å². The fourth-order valence-electron chi connectivity index (χ4n) is 0.990. The topological polar surface area (TPSA) is 95.6 Å². The maximum absolute atomic E-state index is 10.8. The van der Waals surface area contributed by atoms with Gasteiger partial charge in [0.2, 0.25) is 0 Å². The van der Waals surface area contributed by atoms with Gasteiger partial charge in [0.25, 0.3) is 0 Å². The molecule has 0 bridgehead atoms. The minimum atomic E-state index is -4.12. The first-order valence-corrected chi connectivity index (χ1v) is 5.75. The van der Waals surface area contributed by atoms with Crippen LogP contribution in [-0.2, 0) is 4.57 Å². The van der Waals surface area contributed by atoms with E-state index in [2.05, 4.69) is 5.32 Å². The molecular formula is C8H13N2O3P. The summed E-state index contributed by atoms with van der Waals surface area (Å²) in [6.07, 6.45) is 0. The summed E-state index contributed by atoms with van der Waals surface area (Å²) in [5.41, 5.74) is 6.09. The Morgan fingerprint density at radius 1 is 1.29 bits per heavy atom. The molecule has 0 aliphatic rings. The molecule has 0 saturated heterocycles. The van der Waals surface area contributed by atoms with Crippen molar-refractivity contribution in [2.75, 3.05) is 18.4 Å². The SMILES string of the molecule is NCCNc1ccc(P(=O)(O)O)cc1. The van der Waals surface area contributed by atoms with E-state index in [-0.39, 0.29) is 5.30 Å². The molecule has 78 valence electrons. The van der Waals surface area contributed by atoms with Crippen molar-refractivity contribution in [2.24, 2.45) is 5.73 Å². The molecule has 0 amide bonds. The molecule has 0 saturated carbocycles. The van der Waals surface area contributed by atoms with Gasteiger partial charge in [-0.2, -0.15) is 0 Å². The lowest BCUT2D eigenvalue weighted by Gasteiger charge is -2.06. The first kappa shape index (κ1) is 11.2. The molecule has 0 aliphatic heterocycles. The van der Waals surface area contributed by atoms with Gasteiger partial charge in [0.05, 0.1) is 5.30 Å². The smallest absolute Gasteiger partial charge is 0.356 e. The van der Waals surface area contributed by atoms with E-state index in [4.69, 9.17) is 15.5 Å². The van der Waals surface area contributed by atoms with E-state index in [9.17, 15) is 4.57 Å². The predicted molar refractivity (Wildman–Crippen MR) is 55.7 cm³/mol. The lowest BCUT2D eigenvalue weighted by Crippen LogP contribution is -2.13. The maximum atomic E-state index is 10.8. The van der Waals surface area contributed by atoms with E-state index >= 15 is 0 Å². The van der Waals surface area contributed by atoms with Crippen molar-refractivity contribution in [3.8, 4) is 0 Å². The van der Waals surface area contributed by atoms with Crippen molar-refractivity contribution < 1.29 is 14.4 Å². The molecule has 1 rings (SSSR count). The number of nitrogens with two attached hydrogens (primary N) is 1. The van der Waals surface area contributed by atoms with E-state index < -0.39 is 7.60 Å². The zero-order valence-corrected chi connectivity index (χ0v) is 8.45. The molecule has 1 aromatic rings. The van der Waals surface area contributed by atoms with Gasteiger partial charge in [0.1, 0.15) is 0 Å². The highest BCUT2D eigenvalue weighted by molar-refractivity contribution is 7.60. The van der Waals surface area contributed by atoms with Crippen LogP contribution in [0.2, 0.25) is 0 Å². The Kier molecular flexibility index (Phi) is 3.66. The monoisotopic (exact) mass is 216 g/mol. The van der Waals surface area contributed by atoms with Crippen LogP contribution in [0.25, 0.3) is 0 Å². The van der Waals surface area contributed by atoms with Crippen molar-refractivity contribution in [2.45, 2.75) is 0 Å². The number of rotatable bonds is 4. The second-order valence-electron chi connectivity index (χ2n) is 2.81. The number of hydrogen-bond acceptors (Lipinski definition) is 3. The van der Waals surface area contributed by atoms with Crippen LogP contribution < -0.4 is 16.4 Å². The molecular weight excluding hydrogens is 203 g/mol. The Morgan fingerprint density at radius 3 is 2.29 bits per heavy atom. The normalized spacial score (nSPS) is 11.4. The van der Waals surface area contributed by atoms with Crippen LogP contribution in [0.15, 0.2) is 24.3 Å². The summed E-state index contributed by atoms with van der Waals surface area (Å²) < 4.78 is 10.8. The van der Waals surface area contributed by atoms with E-state index in [1.165, 1.54) is 12.1 Å². The van der Waals surface area contributed by atoms with Crippen LogP contribution in [0.4, 0.5) is 5.69 Å². The third kappa shape index (κ3) is 3.12. The molecule has 0 radical (unpaired) electrons. The highest BCUT2D eigenvalue weighted by atomic mass is 31.2. The molecule has 6 heteroatoms. The molecule has 1 aromatic carbocycles. The van der Waals surface area contributed by atoms with Crippen LogP contribution in [-0.4, -0.2) is 22.9 Å². The summed E-state index contributed by atoms with van der Waals surface area (Å²) in [7, 11) is -4.12. The van der Waals surface area contributed by atoms with Crippen LogP contribution in [0, 0.1) is 0 Å². The van der Waals surface area contributed by atoms with Gasteiger partial charge >= 0.3 is 7.60 Å². The summed E-state index contributed by atoms with van der Waals surface area (Å²) in [6, 6.07) is 6.04. The highest BCUT2D eigenvalue weighted by Crippen LogP contribution is 2.33. The fourth-order valence-corrected chi connectivity index (χ4v) is 1.53. The number of hydrogen-bond donors (Lipinski definition) is 4. The predicted octanol–water partition coefficient (Wildman–Crippen LogP) is -0.140. The Balaban J connectivity index is 2.74. The lowest BCUT2D eigenvalue weighted by atomic mass is 10.3. The molecule has 0 aromatic heterocycles. The van der Waals surface area contributed by atoms with Gasteiger partial charge in [-0.15, -0.1) is 0 Å². The standard InChI is InChI=1S/C8H13N2O3P/c9-5-6-10-7-1-3-8(4-2-7)14(11,12)13/h1-4,10H,5-6,9H2,(H2,11,12,13). The average Bonchev–Trinajstić information content (AvgIpc) is 2.14. The van der Waals surface area contributed by atoms with Crippen LogP contribution >= 0.6 is 7.60 Å². The Hall–Kier alpha value is -0.870. The maximum Gasteiger partial charge on any atom is 0.356 e. The molecule has 0 unspecified atom stereocenters. The van der Waals surface area contributed by atoms with Crippen molar-refractivity contribution in [1.29, 1.82) is 0 Å². The second kappa shape index (κ2) is 4.57. The van der Waals surface area contributed by atoms with Gasteiger partial charge in [0, 0.05) is 18.8 Å². The quantitative estimate of drug-likeness (QED) is 0.525. The first-order valence-electron chi connectivity index (χ1n) is 4.14. The van der Waals surface area contributed by atoms with Crippen molar-refractivity contribution in [3.05, 3.63) is 24.3 Å². The summed E-state index contributed by atoms with van der Waals surface area (Å²) >= 11 is 0. The van der Waals surface area contributed by atoms with Gasteiger partial charge in [-0.3, -0.25) is 4.57 Å². The first-order chi connectivity index (χ1) is 6.54. The average molecular weight is 216 g/mol. The number of nitrogens with one attached hydrogen (secondary N) is 1. The van der Waals surface area contributed by atoms with Crippen molar-refractivity contribution in [1.82, 2.24) is 0 Å². The molecule has 0 fully saturated rings. The van der Waals surface area contributed by atoms with Gasteiger partial charge < -0.3 is 20.8 Å². The van der Waals surface area contributed by atoms with Crippen LogP contribution in [0.5, 0.6) is 0 Å². The summed E-state index contributed by atoms with van der Waals surface area (Å²) in [5.74, 6) is 0. The summed E-state index contributed by atoms with van der Waals surface area (Å²) in [6.45, 7) is 1.15. The van der Waals surface area contributed by atoms with E-state index in [1.54, 1.807) is 12.1 Å². The van der Waals surface area contributed by atoms with Gasteiger partial charge in [0.15, 0.2) is 0 Å². The molecule has 0 heterocycles. The Labute approximate surface area is 82.1 Å². The summed E-state index contributed by atoms with van der Waals surface area (Å²) in [4.78, 5) is 17.7. The van der Waals surface area contributed by atoms with Crippen molar-refractivity contribution >= 4 is 18.6 Å². The third-order valence-corrected chi connectivity index (χ3v) is 2.65. The van der Waals surface area contributed by atoms with Crippen LogP contribution in [0.3, 0.4) is 0 Å². The minimum Gasteiger partial charge on any atom is -0.384 e. The fraction of sp³-hybridized carbons (Fsp3) is 0.250. The van der Waals surface area contributed by atoms with E-state index in [1.807, 2.05) is 0 Å². The Bertz CT molecular complexity index is 333. The number of anilines is 1. The van der Waals surface area contributed by atoms with Crippen LogP contribution in [0.1, 0.15) is 0 Å². The summed E-state index contributed by atoms with van der Waals surface area (Å²) in [5, 5.41) is 3.02. The van der Waals surface area contributed by atoms with E-state index in [0.717, 1.165) is 5.69 Å². The Morgan fingerprint density at radius 2 is 1.86 bits per heavy atom. The highest BCUT2D eigenvalue weighted by Gasteiger charge is 2.15. The van der Waals surface area contributed by atoms with Gasteiger partial charge in [-0.1, -0.05) is 0 Å². The molecule has 5 N–H and O–H groups in total.